The Hall–Kier alpha value is -1.08. The quantitative estimate of drug-likeness (QED) is 0.704. The molecule has 2 fully saturated rings. The van der Waals surface area contributed by atoms with Crippen molar-refractivity contribution in [2.75, 3.05) is 6.61 Å². The molecule has 1 aromatic rings. The van der Waals surface area contributed by atoms with Crippen molar-refractivity contribution in [2.24, 2.45) is 5.92 Å². The fourth-order valence-corrected chi connectivity index (χ4v) is 3.12. The van der Waals surface area contributed by atoms with E-state index in [0.717, 1.165) is 12.5 Å². The van der Waals surface area contributed by atoms with Gasteiger partial charge < -0.3 is 4.74 Å². The molecule has 0 radical (unpaired) electrons. The molecule has 0 spiro atoms. The lowest BCUT2D eigenvalue weighted by molar-refractivity contribution is -0.0222. The van der Waals surface area contributed by atoms with E-state index in [-0.39, 0.29) is 0 Å². The average Bonchev–Trinajstić information content (AvgIpc) is 2.40. The van der Waals surface area contributed by atoms with Crippen LogP contribution in [0.2, 0.25) is 0 Å². The Kier molecular flexibility index (Phi) is 3.28. The van der Waals surface area contributed by atoms with E-state index >= 15 is 0 Å². The van der Waals surface area contributed by atoms with Crippen LogP contribution in [0.5, 0.6) is 0 Å². The lowest BCUT2D eigenvalue weighted by atomic mass is 9.80. The molecule has 2 atom stereocenters. The molecule has 1 aliphatic heterocycles. The minimum atomic E-state index is 0.552. The van der Waals surface area contributed by atoms with Crippen LogP contribution in [-0.4, -0.2) is 12.7 Å². The first-order chi connectivity index (χ1) is 8.42. The van der Waals surface area contributed by atoms with Gasteiger partial charge in [0.2, 0.25) is 0 Å². The van der Waals surface area contributed by atoms with E-state index in [9.17, 15) is 0 Å². The molecule has 2 aliphatic rings. The van der Waals surface area contributed by atoms with Gasteiger partial charge in [-0.2, -0.15) is 0 Å². The third kappa shape index (κ3) is 2.61. The van der Waals surface area contributed by atoms with Gasteiger partial charge in [0.25, 0.3) is 0 Å². The highest BCUT2D eigenvalue weighted by molar-refractivity contribution is 5.53. The second-order valence-corrected chi connectivity index (χ2v) is 5.31. The van der Waals surface area contributed by atoms with Gasteiger partial charge in [-0.3, -0.25) is 0 Å². The Balaban J connectivity index is 1.71. The number of hydrogen-bond acceptors (Lipinski definition) is 1. The first kappa shape index (κ1) is 11.0. The summed E-state index contributed by atoms with van der Waals surface area (Å²) in [6.45, 7) is 0.843. The highest BCUT2D eigenvalue weighted by Crippen LogP contribution is 2.35. The zero-order valence-corrected chi connectivity index (χ0v) is 10.3. The molecular formula is C16H20O. The van der Waals surface area contributed by atoms with Gasteiger partial charge in [0.1, 0.15) is 0 Å². The van der Waals surface area contributed by atoms with E-state index in [1.54, 1.807) is 0 Å². The highest BCUT2D eigenvalue weighted by Gasteiger charge is 2.30. The van der Waals surface area contributed by atoms with Gasteiger partial charge in [-0.25, -0.2) is 0 Å². The zero-order chi connectivity index (χ0) is 11.5. The standard InChI is InChI=1S/C16H20O/c1-2-6-13(7-3-1)10-14-11-15-8-4-5-9-16(15)17-12-14/h1-3,6-7,10,15-16H,4-5,8-9,11-12H2/b14-10+/t15?,16-/m0/s1. The lowest BCUT2D eigenvalue weighted by Crippen LogP contribution is -2.33. The van der Waals surface area contributed by atoms with Crippen LogP contribution < -0.4 is 0 Å². The second-order valence-electron chi connectivity index (χ2n) is 5.31. The summed E-state index contributed by atoms with van der Waals surface area (Å²) in [4.78, 5) is 0. The third-order valence-corrected chi connectivity index (χ3v) is 4.02. The summed E-state index contributed by atoms with van der Waals surface area (Å²) in [5.74, 6) is 0.785. The van der Waals surface area contributed by atoms with E-state index < -0.39 is 0 Å². The maximum Gasteiger partial charge on any atom is 0.0684 e. The van der Waals surface area contributed by atoms with Crippen LogP contribution in [0.25, 0.3) is 6.08 Å². The number of hydrogen-bond donors (Lipinski definition) is 0. The van der Waals surface area contributed by atoms with Gasteiger partial charge in [-0.05, 0) is 36.3 Å². The molecule has 1 saturated carbocycles. The topological polar surface area (TPSA) is 9.23 Å². The second kappa shape index (κ2) is 5.05. The summed E-state index contributed by atoms with van der Waals surface area (Å²) in [6, 6.07) is 10.6. The minimum Gasteiger partial charge on any atom is -0.374 e. The normalized spacial score (nSPS) is 31.2. The first-order valence-electron chi connectivity index (χ1n) is 6.78. The average molecular weight is 228 g/mol. The number of benzene rings is 1. The van der Waals surface area contributed by atoms with Crippen molar-refractivity contribution in [2.45, 2.75) is 38.2 Å². The van der Waals surface area contributed by atoms with Crippen LogP contribution in [-0.2, 0) is 4.74 Å². The van der Waals surface area contributed by atoms with Crippen LogP contribution in [0.4, 0.5) is 0 Å². The van der Waals surface area contributed by atoms with Crippen LogP contribution in [0.1, 0.15) is 37.7 Å². The predicted octanol–water partition coefficient (Wildman–Crippen LogP) is 4.05. The van der Waals surface area contributed by atoms with Gasteiger partial charge >= 0.3 is 0 Å². The number of rotatable bonds is 1. The summed E-state index contributed by atoms with van der Waals surface area (Å²) < 4.78 is 6.00. The molecule has 0 bridgehead atoms. The van der Waals surface area contributed by atoms with Crippen LogP contribution in [0.15, 0.2) is 35.9 Å². The molecule has 1 nitrogen and oxygen atoms in total. The van der Waals surface area contributed by atoms with Crippen molar-refractivity contribution in [1.82, 2.24) is 0 Å². The molecule has 1 heteroatoms. The van der Waals surface area contributed by atoms with Crippen LogP contribution in [0.3, 0.4) is 0 Å². The van der Waals surface area contributed by atoms with Gasteiger partial charge in [-0.1, -0.05) is 49.2 Å². The molecule has 1 heterocycles. The maximum atomic E-state index is 6.00. The van der Waals surface area contributed by atoms with Crippen molar-refractivity contribution in [3.05, 3.63) is 41.5 Å². The number of ether oxygens (including phenoxy) is 1. The van der Waals surface area contributed by atoms with E-state index in [1.165, 1.54) is 43.2 Å². The van der Waals surface area contributed by atoms with Gasteiger partial charge in [-0.15, -0.1) is 0 Å². The fourth-order valence-electron chi connectivity index (χ4n) is 3.12. The molecular weight excluding hydrogens is 208 g/mol. The Bertz CT molecular complexity index is 393. The molecule has 90 valence electrons. The maximum absolute atomic E-state index is 6.00. The Morgan fingerprint density at radius 1 is 1.06 bits per heavy atom. The monoisotopic (exact) mass is 228 g/mol. The van der Waals surface area contributed by atoms with Crippen molar-refractivity contribution in [3.8, 4) is 0 Å². The third-order valence-electron chi connectivity index (χ3n) is 4.02. The highest BCUT2D eigenvalue weighted by atomic mass is 16.5. The van der Waals surface area contributed by atoms with Crippen molar-refractivity contribution < 1.29 is 4.74 Å². The van der Waals surface area contributed by atoms with Gasteiger partial charge in [0, 0.05) is 0 Å². The molecule has 1 aliphatic carbocycles. The summed E-state index contributed by atoms with van der Waals surface area (Å²) in [7, 11) is 0. The minimum absolute atomic E-state index is 0.552. The number of fused-ring (bicyclic) bond motifs is 1. The Morgan fingerprint density at radius 3 is 2.76 bits per heavy atom. The van der Waals surface area contributed by atoms with Crippen molar-refractivity contribution in [3.63, 3.8) is 0 Å². The van der Waals surface area contributed by atoms with E-state index in [1.807, 2.05) is 0 Å². The van der Waals surface area contributed by atoms with Crippen molar-refractivity contribution in [1.29, 1.82) is 0 Å². The van der Waals surface area contributed by atoms with Crippen LogP contribution in [0, 0.1) is 5.92 Å². The van der Waals surface area contributed by atoms with Crippen molar-refractivity contribution >= 4 is 6.08 Å². The molecule has 1 aromatic carbocycles. The molecule has 1 unspecified atom stereocenters. The van der Waals surface area contributed by atoms with Gasteiger partial charge in [0.15, 0.2) is 0 Å². The van der Waals surface area contributed by atoms with E-state index in [2.05, 4.69) is 36.4 Å². The zero-order valence-electron chi connectivity index (χ0n) is 10.3. The molecule has 17 heavy (non-hydrogen) atoms. The SMILES string of the molecule is C(=C1\CO[C@H]2CCCCC2C1)/c1ccccc1. The Morgan fingerprint density at radius 2 is 1.88 bits per heavy atom. The first-order valence-corrected chi connectivity index (χ1v) is 6.78. The molecule has 0 N–H and O–H groups in total. The summed E-state index contributed by atoms with van der Waals surface area (Å²) in [5, 5.41) is 0. The molecule has 0 amide bonds. The van der Waals surface area contributed by atoms with E-state index in [0.29, 0.717) is 6.10 Å². The predicted molar refractivity (Wildman–Crippen MR) is 70.7 cm³/mol. The largest absolute Gasteiger partial charge is 0.374 e. The smallest absolute Gasteiger partial charge is 0.0684 e. The lowest BCUT2D eigenvalue weighted by Gasteiger charge is -2.36. The molecule has 0 aromatic heterocycles. The summed E-state index contributed by atoms with van der Waals surface area (Å²) in [5.41, 5.74) is 2.78. The Labute approximate surface area is 103 Å². The summed E-state index contributed by atoms with van der Waals surface area (Å²) in [6.07, 6.45) is 9.50. The van der Waals surface area contributed by atoms with Gasteiger partial charge in [0.05, 0.1) is 12.7 Å². The fraction of sp³-hybridized carbons (Fsp3) is 0.500. The van der Waals surface area contributed by atoms with E-state index in [4.69, 9.17) is 4.74 Å². The molecule has 3 rings (SSSR count). The molecule has 1 saturated heterocycles. The van der Waals surface area contributed by atoms with Crippen LogP contribution >= 0.6 is 0 Å². The summed E-state index contributed by atoms with van der Waals surface area (Å²) >= 11 is 0.